The van der Waals surface area contributed by atoms with Gasteiger partial charge >= 0.3 is 12.1 Å². The molecular formula is C24H24F4O4. The highest BCUT2D eigenvalue weighted by Crippen LogP contribution is 2.60. The molecule has 1 saturated carbocycles. The molecule has 8 heteroatoms. The van der Waals surface area contributed by atoms with E-state index in [-0.39, 0.29) is 19.0 Å². The standard InChI is InChI=1S/C24H24F4O4/c1-4-30-20(24(26,27)28)13-17-21(23(17,2)3)22(29)31-14-15-10-11-18(25)19(12-15)32-16-8-6-5-7-9-16/h5-13,17,21H,4,14H2,1-3H3/b20-13+. The number of benzene rings is 2. The van der Waals surface area contributed by atoms with Gasteiger partial charge in [0.15, 0.2) is 17.3 Å². The summed E-state index contributed by atoms with van der Waals surface area (Å²) in [7, 11) is 0. The third-order valence-electron chi connectivity index (χ3n) is 5.42. The van der Waals surface area contributed by atoms with Crippen molar-refractivity contribution in [3.63, 3.8) is 0 Å². The lowest BCUT2D eigenvalue weighted by atomic mass is 10.1. The zero-order chi connectivity index (χ0) is 23.5. The van der Waals surface area contributed by atoms with Crippen LogP contribution in [0.3, 0.4) is 0 Å². The lowest BCUT2D eigenvalue weighted by Crippen LogP contribution is -2.15. The highest BCUT2D eigenvalue weighted by Gasteiger charge is 2.62. The fourth-order valence-corrected chi connectivity index (χ4v) is 3.56. The molecule has 172 valence electrons. The summed E-state index contributed by atoms with van der Waals surface area (Å²) in [4.78, 5) is 12.6. The Balaban J connectivity index is 1.66. The first kappa shape index (κ1) is 23.6. The second-order valence-corrected chi connectivity index (χ2v) is 8.07. The summed E-state index contributed by atoms with van der Waals surface area (Å²) in [6.07, 6.45) is -3.68. The minimum absolute atomic E-state index is 0.0242. The lowest BCUT2D eigenvalue weighted by molar-refractivity contribution is -0.147. The van der Waals surface area contributed by atoms with Crippen molar-refractivity contribution in [1.82, 2.24) is 0 Å². The Morgan fingerprint density at radius 3 is 2.41 bits per heavy atom. The molecular weight excluding hydrogens is 428 g/mol. The van der Waals surface area contributed by atoms with Gasteiger partial charge in [-0.1, -0.05) is 38.1 Å². The molecule has 0 N–H and O–H groups in total. The van der Waals surface area contributed by atoms with E-state index in [2.05, 4.69) is 0 Å². The summed E-state index contributed by atoms with van der Waals surface area (Å²) in [5.74, 6) is -3.27. The van der Waals surface area contributed by atoms with Gasteiger partial charge in [0.05, 0.1) is 12.5 Å². The SMILES string of the molecule is CCO/C(=C/C1C(C(=O)OCc2ccc(F)c(Oc3ccccc3)c2)C1(C)C)C(F)(F)F. The van der Waals surface area contributed by atoms with Gasteiger partial charge in [0.1, 0.15) is 12.4 Å². The number of carbonyl (C=O) groups excluding carboxylic acids is 1. The quantitative estimate of drug-likeness (QED) is 0.264. The van der Waals surface area contributed by atoms with Crippen molar-refractivity contribution >= 4 is 5.97 Å². The Morgan fingerprint density at radius 1 is 1.09 bits per heavy atom. The number of esters is 1. The van der Waals surface area contributed by atoms with Crippen molar-refractivity contribution in [2.24, 2.45) is 17.3 Å². The van der Waals surface area contributed by atoms with Crippen LogP contribution in [-0.4, -0.2) is 18.8 Å². The molecule has 2 aromatic carbocycles. The van der Waals surface area contributed by atoms with Gasteiger partial charge in [-0.15, -0.1) is 0 Å². The van der Waals surface area contributed by atoms with Crippen molar-refractivity contribution in [3.8, 4) is 11.5 Å². The molecule has 2 atom stereocenters. The number of halogens is 4. The highest BCUT2D eigenvalue weighted by atomic mass is 19.4. The zero-order valence-corrected chi connectivity index (χ0v) is 17.9. The fraction of sp³-hybridized carbons (Fsp3) is 0.375. The summed E-state index contributed by atoms with van der Waals surface area (Å²) < 4.78 is 69.0. The second kappa shape index (κ2) is 9.22. The van der Waals surface area contributed by atoms with Gasteiger partial charge in [-0.2, -0.15) is 13.2 Å². The number of rotatable bonds is 8. The van der Waals surface area contributed by atoms with E-state index >= 15 is 0 Å². The van der Waals surface area contributed by atoms with Gasteiger partial charge < -0.3 is 14.2 Å². The average molecular weight is 452 g/mol. The first-order chi connectivity index (χ1) is 15.0. The first-order valence-corrected chi connectivity index (χ1v) is 10.1. The van der Waals surface area contributed by atoms with Gasteiger partial charge in [-0.25, -0.2) is 4.39 Å². The van der Waals surface area contributed by atoms with Crippen LogP contribution in [0.4, 0.5) is 17.6 Å². The third kappa shape index (κ3) is 5.41. The van der Waals surface area contributed by atoms with Gasteiger partial charge in [0, 0.05) is 5.92 Å². The number of hydrogen-bond acceptors (Lipinski definition) is 4. The fourth-order valence-electron chi connectivity index (χ4n) is 3.56. The third-order valence-corrected chi connectivity index (χ3v) is 5.42. The first-order valence-electron chi connectivity index (χ1n) is 10.1. The van der Waals surface area contributed by atoms with E-state index in [0.717, 1.165) is 6.08 Å². The van der Waals surface area contributed by atoms with Crippen molar-refractivity contribution in [3.05, 3.63) is 71.7 Å². The zero-order valence-electron chi connectivity index (χ0n) is 17.9. The second-order valence-electron chi connectivity index (χ2n) is 8.07. The number of carbonyl (C=O) groups is 1. The molecule has 3 rings (SSSR count). The van der Waals surface area contributed by atoms with Crippen LogP contribution in [0.1, 0.15) is 26.3 Å². The molecule has 1 aliphatic rings. The minimum Gasteiger partial charge on any atom is -0.489 e. The van der Waals surface area contributed by atoms with Crippen LogP contribution in [0.25, 0.3) is 0 Å². The van der Waals surface area contributed by atoms with Crippen LogP contribution < -0.4 is 4.74 Å². The number of alkyl halides is 3. The van der Waals surface area contributed by atoms with E-state index in [1.165, 1.54) is 25.1 Å². The summed E-state index contributed by atoms with van der Waals surface area (Å²) in [6.45, 7) is 4.56. The van der Waals surface area contributed by atoms with Crippen molar-refractivity contribution in [1.29, 1.82) is 0 Å². The van der Waals surface area contributed by atoms with Crippen molar-refractivity contribution in [2.75, 3.05) is 6.61 Å². The average Bonchev–Trinajstić information content (AvgIpc) is 3.28. The van der Waals surface area contributed by atoms with Crippen LogP contribution in [-0.2, 0) is 20.9 Å². The number of allylic oxidation sites excluding steroid dienone is 2. The molecule has 0 saturated heterocycles. The Kier molecular flexibility index (Phi) is 6.81. The Bertz CT molecular complexity index is 983. The monoisotopic (exact) mass is 452 g/mol. The molecule has 2 unspecified atom stereocenters. The molecule has 4 nitrogen and oxygen atoms in total. The molecule has 1 fully saturated rings. The topological polar surface area (TPSA) is 44.8 Å². The minimum atomic E-state index is -4.63. The molecule has 0 heterocycles. The smallest absolute Gasteiger partial charge is 0.448 e. The van der Waals surface area contributed by atoms with E-state index in [0.29, 0.717) is 11.3 Å². The predicted octanol–water partition coefficient (Wildman–Crippen LogP) is 6.42. The number of hydrogen-bond donors (Lipinski definition) is 0. The summed E-state index contributed by atoms with van der Waals surface area (Å²) >= 11 is 0. The molecule has 1 aliphatic carbocycles. The Hall–Kier alpha value is -3.03. The number of ether oxygens (including phenoxy) is 3. The highest BCUT2D eigenvalue weighted by molar-refractivity contribution is 5.78. The Morgan fingerprint density at radius 2 is 1.78 bits per heavy atom. The van der Waals surface area contributed by atoms with Gasteiger partial charge in [-0.05, 0) is 48.2 Å². The maximum absolute atomic E-state index is 14.1. The van der Waals surface area contributed by atoms with E-state index < -0.39 is 41.0 Å². The molecule has 0 spiro atoms. The largest absolute Gasteiger partial charge is 0.489 e. The molecule has 0 aliphatic heterocycles. The van der Waals surface area contributed by atoms with Crippen LogP contribution in [0, 0.1) is 23.1 Å². The van der Waals surface area contributed by atoms with Crippen LogP contribution in [0.5, 0.6) is 11.5 Å². The predicted molar refractivity (Wildman–Crippen MR) is 109 cm³/mol. The van der Waals surface area contributed by atoms with Gasteiger partial charge in [-0.3, -0.25) is 4.79 Å². The molecule has 0 amide bonds. The van der Waals surface area contributed by atoms with Crippen LogP contribution >= 0.6 is 0 Å². The molecule has 0 aromatic heterocycles. The Labute approximate surface area is 183 Å². The van der Waals surface area contributed by atoms with E-state index in [9.17, 15) is 22.4 Å². The van der Waals surface area contributed by atoms with E-state index in [4.69, 9.17) is 14.2 Å². The summed E-state index contributed by atoms with van der Waals surface area (Å²) in [5.41, 5.74) is -0.212. The molecule has 2 aromatic rings. The normalized spacial score (nSPS) is 19.9. The maximum Gasteiger partial charge on any atom is 0.448 e. The van der Waals surface area contributed by atoms with Crippen molar-refractivity contribution in [2.45, 2.75) is 33.6 Å². The van der Waals surface area contributed by atoms with E-state index in [1.807, 2.05) is 0 Å². The van der Waals surface area contributed by atoms with Gasteiger partial charge in [0.25, 0.3) is 0 Å². The molecule has 0 radical (unpaired) electrons. The summed E-state index contributed by atoms with van der Waals surface area (Å²) in [5, 5.41) is 0. The lowest BCUT2D eigenvalue weighted by Gasteiger charge is -2.12. The summed E-state index contributed by atoms with van der Waals surface area (Å²) in [6, 6.07) is 12.7. The maximum atomic E-state index is 14.1. The number of para-hydroxylation sites is 1. The molecule has 32 heavy (non-hydrogen) atoms. The van der Waals surface area contributed by atoms with Gasteiger partial charge in [0.2, 0.25) is 0 Å². The van der Waals surface area contributed by atoms with E-state index in [1.54, 1.807) is 44.2 Å². The van der Waals surface area contributed by atoms with Crippen LogP contribution in [0.15, 0.2) is 60.4 Å². The van der Waals surface area contributed by atoms with Crippen LogP contribution in [0.2, 0.25) is 0 Å². The molecule has 0 bridgehead atoms. The van der Waals surface area contributed by atoms with Crippen molar-refractivity contribution < 1.29 is 36.6 Å².